The van der Waals surface area contributed by atoms with Gasteiger partial charge in [0.15, 0.2) is 0 Å². The lowest BCUT2D eigenvalue weighted by molar-refractivity contribution is -0.140. The molecular weight excluding hydrogens is 188 g/mol. The van der Waals surface area contributed by atoms with Crippen molar-refractivity contribution in [1.82, 2.24) is 0 Å². The highest BCUT2D eigenvalue weighted by Gasteiger charge is 2.19. The van der Waals surface area contributed by atoms with Crippen molar-refractivity contribution < 1.29 is 9.53 Å². The summed E-state index contributed by atoms with van der Waals surface area (Å²) in [7, 11) is 0. The van der Waals surface area contributed by atoms with E-state index >= 15 is 0 Å². The van der Waals surface area contributed by atoms with Gasteiger partial charge in [-0.05, 0) is 31.1 Å². The molecular formula is C13H22O2. The van der Waals surface area contributed by atoms with E-state index in [4.69, 9.17) is 4.74 Å². The molecule has 0 radical (unpaired) electrons. The molecule has 1 rings (SSSR count). The lowest BCUT2D eigenvalue weighted by Crippen LogP contribution is -2.19. The Morgan fingerprint density at radius 3 is 2.47 bits per heavy atom. The van der Waals surface area contributed by atoms with Gasteiger partial charge in [0.1, 0.15) is 0 Å². The van der Waals surface area contributed by atoms with Crippen molar-refractivity contribution in [3.8, 4) is 0 Å². The number of rotatable bonds is 4. The summed E-state index contributed by atoms with van der Waals surface area (Å²) in [6.45, 7) is 8.48. The normalized spacial score (nSPS) is 26.0. The van der Waals surface area contributed by atoms with Crippen LogP contribution in [0.1, 0.15) is 46.0 Å². The van der Waals surface area contributed by atoms with E-state index in [1.807, 2.05) is 6.92 Å². The van der Waals surface area contributed by atoms with Crippen LogP contribution in [0.2, 0.25) is 0 Å². The van der Waals surface area contributed by atoms with E-state index in [0.29, 0.717) is 24.5 Å². The molecule has 0 atom stereocenters. The highest BCUT2D eigenvalue weighted by Crippen LogP contribution is 2.28. The lowest BCUT2D eigenvalue weighted by Gasteiger charge is -2.25. The summed E-state index contributed by atoms with van der Waals surface area (Å²) in [6.07, 6.45) is 5.63. The molecule has 2 heteroatoms. The van der Waals surface area contributed by atoms with Gasteiger partial charge in [-0.2, -0.15) is 0 Å². The molecule has 0 spiro atoms. The van der Waals surface area contributed by atoms with Crippen molar-refractivity contribution in [1.29, 1.82) is 0 Å². The molecule has 0 N–H and O–H groups in total. The average molecular weight is 210 g/mol. The molecule has 15 heavy (non-hydrogen) atoms. The molecule has 1 fully saturated rings. The minimum Gasteiger partial charge on any atom is -0.462 e. The van der Waals surface area contributed by atoms with Crippen LogP contribution in [0.4, 0.5) is 0 Å². The van der Waals surface area contributed by atoms with Gasteiger partial charge in [-0.3, -0.25) is 0 Å². The van der Waals surface area contributed by atoms with E-state index in [0.717, 1.165) is 5.92 Å². The average Bonchev–Trinajstić information content (AvgIpc) is 2.26. The molecule has 86 valence electrons. The second kappa shape index (κ2) is 5.94. The summed E-state index contributed by atoms with van der Waals surface area (Å²) >= 11 is 0. The van der Waals surface area contributed by atoms with Gasteiger partial charge >= 0.3 is 5.97 Å². The molecule has 0 saturated heterocycles. The number of hydrogen-bond acceptors (Lipinski definition) is 2. The third-order valence-electron chi connectivity index (χ3n) is 3.30. The number of ether oxygens (including phenoxy) is 1. The van der Waals surface area contributed by atoms with Gasteiger partial charge < -0.3 is 4.74 Å². The second-order valence-corrected chi connectivity index (χ2v) is 4.68. The molecule has 0 aromatic carbocycles. The van der Waals surface area contributed by atoms with E-state index in [2.05, 4.69) is 13.5 Å². The van der Waals surface area contributed by atoms with Crippen molar-refractivity contribution in [3.63, 3.8) is 0 Å². The minimum atomic E-state index is -0.212. The predicted molar refractivity (Wildman–Crippen MR) is 61.5 cm³/mol. The smallest absolute Gasteiger partial charge is 0.333 e. The summed E-state index contributed by atoms with van der Waals surface area (Å²) in [5, 5.41) is 0. The van der Waals surface area contributed by atoms with E-state index < -0.39 is 0 Å². The molecule has 1 aliphatic rings. The topological polar surface area (TPSA) is 26.3 Å². The predicted octanol–water partition coefficient (Wildman–Crippen LogP) is 3.32. The van der Waals surface area contributed by atoms with Crippen molar-refractivity contribution in [3.05, 3.63) is 12.2 Å². The Morgan fingerprint density at radius 2 is 1.93 bits per heavy atom. The molecule has 2 nitrogen and oxygen atoms in total. The van der Waals surface area contributed by atoms with Crippen LogP contribution in [0, 0.1) is 11.8 Å². The van der Waals surface area contributed by atoms with Gasteiger partial charge in [0.05, 0.1) is 6.61 Å². The first-order valence-corrected chi connectivity index (χ1v) is 5.98. The van der Waals surface area contributed by atoms with Crippen LogP contribution in [0.5, 0.6) is 0 Å². The van der Waals surface area contributed by atoms with Gasteiger partial charge in [0.2, 0.25) is 0 Å². The monoisotopic (exact) mass is 210 g/mol. The van der Waals surface area contributed by atoms with Crippen molar-refractivity contribution in [2.45, 2.75) is 46.0 Å². The van der Waals surface area contributed by atoms with Gasteiger partial charge in [0, 0.05) is 5.57 Å². The molecule has 0 aliphatic heterocycles. The minimum absolute atomic E-state index is 0.212. The number of esters is 1. The molecule has 0 aromatic heterocycles. The Labute approximate surface area is 92.7 Å². The van der Waals surface area contributed by atoms with Gasteiger partial charge in [-0.1, -0.05) is 33.3 Å². The Kier molecular flexibility index (Phi) is 4.86. The maximum atomic E-state index is 11.4. The van der Waals surface area contributed by atoms with E-state index in [-0.39, 0.29) is 5.97 Å². The van der Waals surface area contributed by atoms with Gasteiger partial charge in [0.25, 0.3) is 0 Å². The summed E-state index contributed by atoms with van der Waals surface area (Å²) in [4.78, 5) is 11.4. The third kappa shape index (κ3) is 4.06. The first-order chi connectivity index (χ1) is 7.13. The van der Waals surface area contributed by atoms with Crippen molar-refractivity contribution in [2.75, 3.05) is 6.61 Å². The molecule has 1 saturated carbocycles. The standard InChI is InChI=1S/C13H22O2/c1-4-11(3)13(14)15-9-12-7-5-10(2)6-8-12/h10,12H,3-9H2,1-2H3. The Balaban J connectivity index is 2.20. The highest BCUT2D eigenvalue weighted by atomic mass is 16.5. The Morgan fingerprint density at radius 1 is 1.33 bits per heavy atom. The van der Waals surface area contributed by atoms with Crippen LogP contribution < -0.4 is 0 Å². The number of carbonyl (C=O) groups is 1. The quantitative estimate of drug-likeness (QED) is 0.525. The van der Waals surface area contributed by atoms with E-state index in [9.17, 15) is 4.79 Å². The Hall–Kier alpha value is -0.790. The van der Waals surface area contributed by atoms with Crippen LogP contribution in [0.15, 0.2) is 12.2 Å². The zero-order valence-corrected chi connectivity index (χ0v) is 9.92. The molecule has 0 amide bonds. The van der Waals surface area contributed by atoms with Crippen LogP contribution >= 0.6 is 0 Å². The van der Waals surface area contributed by atoms with Crippen molar-refractivity contribution in [2.24, 2.45) is 11.8 Å². The maximum Gasteiger partial charge on any atom is 0.333 e. The van der Waals surface area contributed by atoms with Crippen LogP contribution in [0.3, 0.4) is 0 Å². The summed E-state index contributed by atoms with van der Waals surface area (Å²) in [6, 6.07) is 0. The van der Waals surface area contributed by atoms with E-state index in [1.54, 1.807) is 0 Å². The summed E-state index contributed by atoms with van der Waals surface area (Å²) in [5.74, 6) is 1.22. The van der Waals surface area contributed by atoms with Gasteiger partial charge in [-0.15, -0.1) is 0 Å². The second-order valence-electron chi connectivity index (χ2n) is 4.68. The SMILES string of the molecule is C=C(CC)C(=O)OCC1CCC(C)CC1. The molecule has 1 aliphatic carbocycles. The third-order valence-corrected chi connectivity index (χ3v) is 3.30. The van der Waals surface area contributed by atoms with Crippen molar-refractivity contribution >= 4 is 5.97 Å². The van der Waals surface area contributed by atoms with Crippen LogP contribution in [0.25, 0.3) is 0 Å². The summed E-state index contributed by atoms with van der Waals surface area (Å²) < 4.78 is 5.23. The fraction of sp³-hybridized carbons (Fsp3) is 0.769. The molecule has 0 heterocycles. The first kappa shape index (κ1) is 12.3. The highest BCUT2D eigenvalue weighted by molar-refractivity contribution is 5.87. The maximum absolute atomic E-state index is 11.4. The summed E-state index contributed by atoms with van der Waals surface area (Å²) in [5.41, 5.74) is 0.583. The fourth-order valence-corrected chi connectivity index (χ4v) is 1.94. The molecule has 0 bridgehead atoms. The van der Waals surface area contributed by atoms with Crippen LogP contribution in [-0.4, -0.2) is 12.6 Å². The number of carbonyl (C=O) groups excluding carboxylic acids is 1. The largest absolute Gasteiger partial charge is 0.462 e. The zero-order valence-electron chi connectivity index (χ0n) is 9.92. The first-order valence-electron chi connectivity index (χ1n) is 5.98. The lowest BCUT2D eigenvalue weighted by atomic mass is 9.83. The van der Waals surface area contributed by atoms with Crippen LogP contribution in [-0.2, 0) is 9.53 Å². The fourth-order valence-electron chi connectivity index (χ4n) is 1.94. The van der Waals surface area contributed by atoms with Gasteiger partial charge in [-0.25, -0.2) is 4.79 Å². The van der Waals surface area contributed by atoms with E-state index in [1.165, 1.54) is 25.7 Å². The number of hydrogen-bond donors (Lipinski definition) is 0. The molecule has 0 unspecified atom stereocenters. The molecule has 0 aromatic rings. The zero-order chi connectivity index (χ0) is 11.3. The Bertz CT molecular complexity index is 225.